The van der Waals surface area contributed by atoms with Crippen molar-refractivity contribution in [1.82, 2.24) is 5.32 Å². The number of ether oxygens (including phenoxy) is 1. The Balaban J connectivity index is 1.66. The third kappa shape index (κ3) is 4.67. The summed E-state index contributed by atoms with van der Waals surface area (Å²) in [7, 11) is 1.39. The van der Waals surface area contributed by atoms with Crippen LogP contribution in [0.3, 0.4) is 0 Å². The number of hydrogen-bond acceptors (Lipinski definition) is 9. The number of fused-ring (bicyclic) bond motifs is 5. The van der Waals surface area contributed by atoms with Crippen LogP contribution in [0.1, 0.15) is 60.3 Å². The van der Waals surface area contributed by atoms with Gasteiger partial charge in [0.25, 0.3) is 0 Å². The van der Waals surface area contributed by atoms with Gasteiger partial charge in [0.1, 0.15) is 17.7 Å². The van der Waals surface area contributed by atoms with E-state index < -0.39 is 0 Å². The van der Waals surface area contributed by atoms with Gasteiger partial charge in [-0.3, -0.25) is 4.79 Å². The summed E-state index contributed by atoms with van der Waals surface area (Å²) in [6.45, 7) is 10.2. The predicted molar refractivity (Wildman–Crippen MR) is 173 cm³/mol. The molecule has 5 aliphatic heterocycles. The van der Waals surface area contributed by atoms with Gasteiger partial charge in [0.05, 0.1) is 47.6 Å². The first-order valence-electron chi connectivity index (χ1n) is 15.2. The molecular formula is C36H34N6O3. The SMILES string of the molecule is CCC1=C(C)C2=CC3=NC(=C(C)/C3=C\O)C=C3NC(=C4CC(=C(C#N)C#N)C5=C(C)C(=CC1=N2)N=C45)[C@@H](CCC(=O)OC)[C@@H]3C. The molecule has 0 unspecified atom stereocenters. The molecule has 0 aromatic carbocycles. The average Bonchev–Trinajstić information content (AvgIpc) is 3.79. The molecule has 9 nitrogen and oxygen atoms in total. The third-order valence-corrected chi connectivity index (χ3v) is 9.66. The standard InChI is InChI=1S/C36H34N6O3/c1-7-22-17(2)28-12-32-26(16-43)19(4)27(40-32)11-29-18(3)23(8-9-33(44)45-6)35(41-29)25-10-24(21(14-37)15-38)34-20(5)30(42-36(25)34)13-31(22)39-28/h11-13,16,18,23,41,43H,7-10H2,1-6H3/b26-16+,28-12?,29-11?,30-13?,35-25?/t18-,23-/m0/s1. The second kappa shape index (κ2) is 11.3. The van der Waals surface area contributed by atoms with E-state index in [1.165, 1.54) is 7.11 Å². The highest BCUT2D eigenvalue weighted by molar-refractivity contribution is 6.24. The summed E-state index contributed by atoms with van der Waals surface area (Å²) in [6, 6.07) is 4.21. The quantitative estimate of drug-likeness (QED) is 0.212. The van der Waals surface area contributed by atoms with Gasteiger partial charge >= 0.3 is 5.97 Å². The van der Waals surface area contributed by atoms with E-state index in [-0.39, 0.29) is 29.8 Å². The first-order valence-corrected chi connectivity index (χ1v) is 15.2. The van der Waals surface area contributed by atoms with Gasteiger partial charge in [-0.05, 0) is 79.7 Å². The number of allylic oxidation sites excluding steroid dienone is 14. The minimum atomic E-state index is -0.286. The Morgan fingerprint density at radius 2 is 1.78 bits per heavy atom. The van der Waals surface area contributed by atoms with Crippen molar-refractivity contribution >= 4 is 23.1 Å². The molecule has 2 N–H and O–H groups in total. The zero-order chi connectivity index (χ0) is 32.2. The van der Waals surface area contributed by atoms with E-state index in [1.54, 1.807) is 0 Å². The first kappa shape index (κ1) is 29.8. The highest BCUT2D eigenvalue weighted by atomic mass is 16.5. The molecule has 45 heavy (non-hydrogen) atoms. The van der Waals surface area contributed by atoms with Crippen molar-refractivity contribution in [3.8, 4) is 12.1 Å². The van der Waals surface area contributed by atoms with E-state index in [4.69, 9.17) is 19.7 Å². The fraction of sp³-hybridized carbons (Fsp3) is 0.333. The summed E-state index contributed by atoms with van der Waals surface area (Å²) in [5.41, 5.74) is 13.2. The number of aliphatic imine (C=N–C) groups is 3. The van der Waals surface area contributed by atoms with Crippen LogP contribution in [0.15, 0.2) is 118 Å². The molecule has 0 amide bonds. The number of nitrogens with zero attached hydrogens (tertiary/aromatic N) is 5. The van der Waals surface area contributed by atoms with Crippen LogP contribution in [-0.2, 0) is 9.53 Å². The molecule has 1 saturated heterocycles. The lowest BCUT2D eigenvalue weighted by Gasteiger charge is -2.17. The molecule has 0 spiro atoms. The third-order valence-electron chi connectivity index (χ3n) is 9.66. The van der Waals surface area contributed by atoms with Gasteiger partial charge in [-0.25, -0.2) is 15.0 Å². The predicted octanol–water partition coefficient (Wildman–Crippen LogP) is 6.58. The van der Waals surface area contributed by atoms with Crippen LogP contribution in [0.5, 0.6) is 0 Å². The Morgan fingerprint density at radius 1 is 1.07 bits per heavy atom. The van der Waals surface area contributed by atoms with Crippen molar-refractivity contribution in [2.75, 3.05) is 7.11 Å². The summed E-state index contributed by atoms with van der Waals surface area (Å²) in [5, 5.41) is 33.8. The van der Waals surface area contributed by atoms with Crippen molar-refractivity contribution in [3.05, 3.63) is 103 Å². The smallest absolute Gasteiger partial charge is 0.305 e. The van der Waals surface area contributed by atoms with E-state index >= 15 is 0 Å². The molecule has 1 saturated carbocycles. The Bertz CT molecular complexity index is 1930. The molecule has 6 rings (SSSR count). The highest BCUT2D eigenvalue weighted by Crippen LogP contribution is 2.48. The maximum absolute atomic E-state index is 12.3. The number of hydrogen-bond donors (Lipinski definition) is 2. The maximum Gasteiger partial charge on any atom is 0.305 e. The molecular weight excluding hydrogens is 564 g/mol. The average molecular weight is 599 g/mol. The molecule has 5 heterocycles. The minimum absolute atomic E-state index is 0.0175. The number of rotatable bonds is 4. The lowest BCUT2D eigenvalue weighted by atomic mass is 9.86. The van der Waals surface area contributed by atoms with E-state index in [0.29, 0.717) is 29.7 Å². The van der Waals surface area contributed by atoms with Crippen LogP contribution >= 0.6 is 0 Å². The molecule has 6 aliphatic rings. The molecule has 9 heteroatoms. The maximum atomic E-state index is 12.3. The number of esters is 1. The van der Waals surface area contributed by atoms with Crippen molar-refractivity contribution in [2.24, 2.45) is 26.8 Å². The summed E-state index contributed by atoms with van der Waals surface area (Å²) in [5.74, 6) is -0.384. The second-order valence-corrected chi connectivity index (χ2v) is 11.9. The lowest BCUT2D eigenvalue weighted by Crippen LogP contribution is -2.15. The van der Waals surface area contributed by atoms with Gasteiger partial charge < -0.3 is 15.2 Å². The van der Waals surface area contributed by atoms with Crippen LogP contribution in [0.25, 0.3) is 0 Å². The Hall–Kier alpha value is -5.28. The molecule has 2 atom stereocenters. The lowest BCUT2D eigenvalue weighted by molar-refractivity contribution is -0.140. The highest BCUT2D eigenvalue weighted by Gasteiger charge is 2.42. The normalized spacial score (nSPS) is 24.3. The fourth-order valence-corrected chi connectivity index (χ4v) is 7.06. The summed E-state index contributed by atoms with van der Waals surface area (Å²) in [6.07, 6.45) is 8.92. The van der Waals surface area contributed by atoms with Crippen LogP contribution in [0, 0.1) is 34.5 Å². The van der Waals surface area contributed by atoms with Crippen LogP contribution < -0.4 is 5.32 Å². The van der Waals surface area contributed by atoms with Gasteiger partial charge in [-0.15, -0.1) is 0 Å². The number of methoxy groups -OCH3 is 1. The van der Waals surface area contributed by atoms with Crippen molar-refractivity contribution < 1.29 is 14.6 Å². The van der Waals surface area contributed by atoms with E-state index in [9.17, 15) is 20.4 Å². The Kier molecular flexibility index (Phi) is 7.50. The second-order valence-electron chi connectivity index (χ2n) is 11.9. The van der Waals surface area contributed by atoms with Gasteiger partial charge in [0.2, 0.25) is 0 Å². The molecule has 226 valence electrons. The molecule has 2 fully saturated rings. The minimum Gasteiger partial charge on any atom is -0.515 e. The number of aliphatic hydroxyl groups is 1. The van der Waals surface area contributed by atoms with E-state index in [0.717, 1.165) is 86.0 Å². The molecule has 1 aliphatic carbocycles. The Morgan fingerprint density at radius 3 is 2.44 bits per heavy atom. The number of nitriles is 2. The zero-order valence-electron chi connectivity index (χ0n) is 26.3. The van der Waals surface area contributed by atoms with E-state index in [1.807, 2.05) is 39.0 Å². The van der Waals surface area contributed by atoms with Crippen LogP contribution in [0.2, 0.25) is 0 Å². The molecule has 0 radical (unpaired) electrons. The molecule has 8 bridgehead atoms. The van der Waals surface area contributed by atoms with E-state index in [2.05, 4.69) is 31.3 Å². The summed E-state index contributed by atoms with van der Waals surface area (Å²) in [4.78, 5) is 27.4. The van der Waals surface area contributed by atoms with Crippen molar-refractivity contribution in [2.45, 2.75) is 60.3 Å². The van der Waals surface area contributed by atoms with Crippen LogP contribution in [0.4, 0.5) is 0 Å². The molecule has 0 aromatic rings. The van der Waals surface area contributed by atoms with Crippen LogP contribution in [-0.4, -0.2) is 35.3 Å². The fourth-order valence-electron chi connectivity index (χ4n) is 7.06. The Labute approximate surface area is 262 Å². The molecule has 0 aromatic heterocycles. The van der Waals surface area contributed by atoms with Gasteiger partial charge in [0, 0.05) is 52.8 Å². The number of carbonyl (C=O) groups excluding carboxylic acids is 1. The zero-order valence-corrected chi connectivity index (χ0v) is 26.3. The summed E-state index contributed by atoms with van der Waals surface area (Å²) >= 11 is 0. The van der Waals surface area contributed by atoms with Crippen molar-refractivity contribution in [3.63, 3.8) is 0 Å². The van der Waals surface area contributed by atoms with Gasteiger partial charge in [-0.2, -0.15) is 10.5 Å². The number of carbonyl (C=O) groups is 1. The van der Waals surface area contributed by atoms with Gasteiger partial charge in [0.15, 0.2) is 0 Å². The largest absolute Gasteiger partial charge is 0.515 e. The monoisotopic (exact) mass is 598 g/mol. The first-order chi connectivity index (χ1) is 21.6. The van der Waals surface area contributed by atoms with Gasteiger partial charge in [-0.1, -0.05) is 13.8 Å². The van der Waals surface area contributed by atoms with Crippen molar-refractivity contribution in [1.29, 1.82) is 10.5 Å². The summed E-state index contributed by atoms with van der Waals surface area (Å²) < 4.78 is 4.98. The number of nitrogens with one attached hydrogen (secondary N) is 1. The number of aliphatic hydroxyl groups excluding tert-OH is 1. The topological polar surface area (TPSA) is 143 Å².